The van der Waals surface area contributed by atoms with Crippen molar-refractivity contribution in [2.24, 2.45) is 0 Å². The topological polar surface area (TPSA) is 52.6 Å². The molecule has 0 aliphatic carbocycles. The average Bonchev–Trinajstić information content (AvgIpc) is 2.91. The molecule has 0 amide bonds. The number of esters is 1. The highest BCUT2D eigenvalue weighted by Gasteiger charge is 2.58. The van der Waals surface area contributed by atoms with Crippen molar-refractivity contribution in [1.82, 2.24) is 0 Å². The summed E-state index contributed by atoms with van der Waals surface area (Å²) in [6, 6.07) is 11.3. The highest BCUT2D eigenvalue weighted by molar-refractivity contribution is 6.21. The van der Waals surface area contributed by atoms with Crippen LogP contribution in [0.2, 0.25) is 0 Å². The molecule has 0 bridgehead atoms. The van der Waals surface area contributed by atoms with Gasteiger partial charge >= 0.3 is 5.97 Å². The van der Waals surface area contributed by atoms with Crippen LogP contribution in [0.25, 0.3) is 10.8 Å². The van der Waals surface area contributed by atoms with Crippen LogP contribution in [0.4, 0.5) is 0 Å². The second kappa shape index (κ2) is 3.35. The Kier molecular flexibility index (Phi) is 1.86. The van der Waals surface area contributed by atoms with Crippen LogP contribution in [0.15, 0.2) is 36.4 Å². The first-order valence-corrected chi connectivity index (χ1v) is 6.14. The van der Waals surface area contributed by atoms with Crippen LogP contribution in [0.5, 0.6) is 5.75 Å². The van der Waals surface area contributed by atoms with E-state index in [2.05, 4.69) is 0 Å². The van der Waals surface area contributed by atoms with Crippen LogP contribution in [0.3, 0.4) is 0 Å². The van der Waals surface area contributed by atoms with E-state index in [4.69, 9.17) is 9.47 Å². The van der Waals surface area contributed by atoms with E-state index >= 15 is 0 Å². The third kappa shape index (κ3) is 1.23. The number of hydrogen-bond acceptors (Lipinski definition) is 4. The van der Waals surface area contributed by atoms with Gasteiger partial charge in [0, 0.05) is 6.42 Å². The zero-order chi connectivity index (χ0) is 13.0. The maximum absolute atomic E-state index is 12.4. The molecule has 2 heterocycles. The lowest BCUT2D eigenvalue weighted by Crippen LogP contribution is -2.44. The van der Waals surface area contributed by atoms with E-state index in [0.717, 1.165) is 10.8 Å². The largest absolute Gasteiger partial charge is 0.466 e. The minimum absolute atomic E-state index is 0.234. The Labute approximate surface area is 108 Å². The summed E-state index contributed by atoms with van der Waals surface area (Å²) in [6.07, 6.45) is 0.287. The number of carbonyl (C=O) groups excluding carboxylic acids is 2. The van der Waals surface area contributed by atoms with E-state index in [1.165, 1.54) is 0 Å². The van der Waals surface area contributed by atoms with Gasteiger partial charge in [-0.25, -0.2) is 4.79 Å². The van der Waals surface area contributed by atoms with Gasteiger partial charge < -0.3 is 9.47 Å². The van der Waals surface area contributed by atoms with Crippen LogP contribution in [-0.4, -0.2) is 24.0 Å². The van der Waals surface area contributed by atoms with Gasteiger partial charge in [-0.15, -0.1) is 0 Å². The Morgan fingerprint density at radius 2 is 1.79 bits per heavy atom. The maximum atomic E-state index is 12.4. The lowest BCUT2D eigenvalue weighted by molar-refractivity contribution is -0.147. The summed E-state index contributed by atoms with van der Waals surface area (Å²) in [5.41, 5.74) is -0.961. The second-order valence-electron chi connectivity index (χ2n) is 4.84. The summed E-state index contributed by atoms with van der Waals surface area (Å²) < 4.78 is 10.6. The number of benzene rings is 2. The molecule has 2 aromatic carbocycles. The van der Waals surface area contributed by atoms with Crippen LogP contribution >= 0.6 is 0 Å². The molecule has 0 aromatic heterocycles. The predicted octanol–water partition coefficient (Wildman–Crippen LogP) is 2.10. The van der Waals surface area contributed by atoms with Crippen LogP contribution in [-0.2, 0) is 9.53 Å². The van der Waals surface area contributed by atoms with Gasteiger partial charge in [0.05, 0.1) is 12.2 Å². The second-order valence-corrected chi connectivity index (χ2v) is 4.84. The van der Waals surface area contributed by atoms with Gasteiger partial charge in [-0.2, -0.15) is 0 Å². The molecule has 2 aromatic rings. The Morgan fingerprint density at radius 1 is 1.05 bits per heavy atom. The van der Waals surface area contributed by atoms with Crippen molar-refractivity contribution in [2.45, 2.75) is 12.0 Å². The molecule has 4 rings (SSSR count). The summed E-state index contributed by atoms with van der Waals surface area (Å²) >= 11 is 0. The van der Waals surface area contributed by atoms with Crippen LogP contribution in [0, 0.1) is 0 Å². The molecule has 1 unspecified atom stereocenters. The lowest BCUT2D eigenvalue weighted by atomic mass is 9.93. The molecule has 0 radical (unpaired) electrons. The average molecular weight is 254 g/mol. The predicted molar refractivity (Wildman–Crippen MR) is 67.2 cm³/mol. The van der Waals surface area contributed by atoms with E-state index in [0.29, 0.717) is 11.3 Å². The molecule has 0 saturated carbocycles. The Hall–Kier alpha value is -2.36. The third-order valence-corrected chi connectivity index (χ3v) is 3.76. The van der Waals surface area contributed by atoms with E-state index in [-0.39, 0.29) is 18.8 Å². The van der Waals surface area contributed by atoms with Gasteiger partial charge in [-0.1, -0.05) is 24.3 Å². The maximum Gasteiger partial charge on any atom is 0.358 e. The van der Waals surface area contributed by atoms with Gasteiger partial charge in [0.1, 0.15) is 5.75 Å². The zero-order valence-corrected chi connectivity index (χ0v) is 10.0. The van der Waals surface area contributed by atoms with Crippen molar-refractivity contribution in [2.75, 3.05) is 6.61 Å². The molecule has 2 aliphatic heterocycles. The van der Waals surface area contributed by atoms with Gasteiger partial charge in [-0.05, 0) is 22.9 Å². The smallest absolute Gasteiger partial charge is 0.358 e. The SMILES string of the molecule is O=C1OCCC12Oc1cc3ccccc3cc1C2=O. The molecule has 1 spiro atoms. The van der Waals surface area contributed by atoms with Gasteiger partial charge in [0.15, 0.2) is 0 Å². The molecule has 1 atom stereocenters. The van der Waals surface area contributed by atoms with E-state index in [1.54, 1.807) is 6.07 Å². The summed E-state index contributed by atoms with van der Waals surface area (Å²) in [7, 11) is 0. The quantitative estimate of drug-likeness (QED) is 0.533. The number of hydrogen-bond donors (Lipinski definition) is 0. The number of Topliss-reactive ketones (excluding diaryl/α,β-unsaturated/α-hetero) is 1. The first kappa shape index (κ1) is 10.6. The van der Waals surface area contributed by atoms with Crippen molar-refractivity contribution in [3.8, 4) is 5.75 Å². The fourth-order valence-electron chi connectivity index (χ4n) is 2.74. The normalized spacial score (nSPS) is 24.6. The molecule has 0 N–H and O–H groups in total. The molecule has 1 saturated heterocycles. The lowest BCUT2D eigenvalue weighted by Gasteiger charge is -2.15. The van der Waals surface area contributed by atoms with Crippen LogP contribution in [0.1, 0.15) is 16.8 Å². The molecular formula is C15H10O4. The number of rotatable bonds is 0. The Balaban J connectivity index is 1.94. The summed E-state index contributed by atoms with van der Waals surface area (Å²) in [4.78, 5) is 24.3. The highest BCUT2D eigenvalue weighted by Crippen LogP contribution is 2.42. The molecule has 2 aliphatic rings. The standard InChI is InChI=1S/C15H10O4/c16-13-11-7-9-3-1-2-4-10(9)8-12(11)19-15(13)5-6-18-14(15)17/h1-4,7-8H,5-6H2. The van der Waals surface area contributed by atoms with Crippen molar-refractivity contribution >= 4 is 22.5 Å². The minimum Gasteiger partial charge on any atom is -0.466 e. The van der Waals surface area contributed by atoms with Crippen LogP contribution < -0.4 is 4.74 Å². The first-order chi connectivity index (χ1) is 9.21. The van der Waals surface area contributed by atoms with Crippen molar-refractivity contribution in [3.63, 3.8) is 0 Å². The number of ether oxygens (including phenoxy) is 2. The molecule has 4 heteroatoms. The number of fused-ring (bicyclic) bond motifs is 2. The summed E-state index contributed by atoms with van der Waals surface area (Å²) in [6.45, 7) is 0.234. The summed E-state index contributed by atoms with van der Waals surface area (Å²) in [5, 5.41) is 1.94. The van der Waals surface area contributed by atoms with E-state index in [9.17, 15) is 9.59 Å². The molecule has 19 heavy (non-hydrogen) atoms. The van der Waals surface area contributed by atoms with E-state index in [1.807, 2.05) is 30.3 Å². The molecule has 4 nitrogen and oxygen atoms in total. The Morgan fingerprint density at radius 3 is 2.47 bits per heavy atom. The number of cyclic esters (lactones) is 1. The van der Waals surface area contributed by atoms with Gasteiger partial charge in [-0.3, -0.25) is 4.79 Å². The highest BCUT2D eigenvalue weighted by atomic mass is 16.6. The van der Waals surface area contributed by atoms with E-state index < -0.39 is 11.6 Å². The summed E-state index contributed by atoms with van der Waals surface area (Å²) in [5.74, 6) is -0.379. The number of ketones is 1. The van der Waals surface area contributed by atoms with Crippen molar-refractivity contribution < 1.29 is 19.1 Å². The number of carbonyl (C=O) groups is 2. The zero-order valence-electron chi connectivity index (χ0n) is 10.0. The minimum atomic E-state index is -1.43. The fraction of sp³-hybridized carbons (Fsp3) is 0.200. The van der Waals surface area contributed by atoms with Gasteiger partial charge in [0.25, 0.3) is 5.60 Å². The third-order valence-electron chi connectivity index (χ3n) is 3.76. The Bertz CT molecular complexity index is 734. The first-order valence-electron chi connectivity index (χ1n) is 6.14. The van der Waals surface area contributed by atoms with Crippen molar-refractivity contribution in [3.05, 3.63) is 42.0 Å². The monoisotopic (exact) mass is 254 g/mol. The molecule has 94 valence electrons. The van der Waals surface area contributed by atoms with Gasteiger partial charge in [0.2, 0.25) is 5.78 Å². The fourth-order valence-corrected chi connectivity index (χ4v) is 2.74. The molecular weight excluding hydrogens is 244 g/mol. The molecule has 1 fully saturated rings. The van der Waals surface area contributed by atoms with Crippen molar-refractivity contribution in [1.29, 1.82) is 0 Å².